The molecule has 30 heteroatoms. The van der Waals surface area contributed by atoms with Gasteiger partial charge in [0.25, 0.3) is 11.8 Å². The first kappa shape index (κ1) is 89.3. The molecule has 1 unspecified atom stereocenters. The summed E-state index contributed by atoms with van der Waals surface area (Å²) < 4.78 is 16.9. The number of aliphatic hydroxyl groups excluding tert-OH is 1. The van der Waals surface area contributed by atoms with Gasteiger partial charge in [-0.25, -0.2) is 15.0 Å². The van der Waals surface area contributed by atoms with Gasteiger partial charge < -0.3 is 60.5 Å². The number of hydroxylamine groups is 2. The Morgan fingerprint density at radius 1 is 0.725 bits per heavy atom. The lowest BCUT2D eigenvalue weighted by molar-refractivity contribution is -0.197. The molecule has 0 saturated carbocycles. The zero-order valence-corrected chi connectivity index (χ0v) is 67.7. The Morgan fingerprint density at radius 3 is 2.03 bits per heavy atom. The van der Waals surface area contributed by atoms with Gasteiger partial charge in [-0.1, -0.05) is 133 Å². The minimum Gasteiger partial charge on any atom is -0.494 e. The van der Waals surface area contributed by atoms with Gasteiger partial charge in [-0.05, 0) is 137 Å². The summed E-state index contributed by atoms with van der Waals surface area (Å²) in [7, 11) is 7.55. The van der Waals surface area contributed by atoms with Crippen molar-refractivity contribution in [2.24, 2.45) is 34.7 Å². The molecule has 7 N–H and O–H groups in total. The van der Waals surface area contributed by atoms with Gasteiger partial charge in [-0.2, -0.15) is 5.10 Å². The molecule has 0 spiro atoms. The Bertz CT molecular complexity index is 3660. The molecule has 3 aromatic rings. The van der Waals surface area contributed by atoms with Crippen LogP contribution in [0.1, 0.15) is 195 Å². The van der Waals surface area contributed by atoms with Crippen molar-refractivity contribution in [3.05, 3.63) is 95.1 Å². The van der Waals surface area contributed by atoms with Crippen molar-refractivity contribution in [1.82, 2.24) is 46.5 Å². The van der Waals surface area contributed by atoms with Crippen molar-refractivity contribution in [3.63, 3.8) is 0 Å². The number of aliphatic hydroxyl groups is 1. The number of hydrogen-bond acceptors (Lipinski definition) is 20. The van der Waals surface area contributed by atoms with E-state index in [0.29, 0.717) is 78.4 Å². The average molecular weight is 1550 g/mol. The number of fused-ring (bicyclic) bond motifs is 1. The molecule has 0 aromatic heterocycles. The number of ether oxygens (including phenoxy) is 3. The molecule has 2 heterocycles. The quantitative estimate of drug-likeness (QED) is 0.0121. The van der Waals surface area contributed by atoms with E-state index < -0.39 is 101 Å². The van der Waals surface area contributed by atoms with Gasteiger partial charge in [-0.3, -0.25) is 52.8 Å². The van der Waals surface area contributed by atoms with E-state index in [1.165, 1.54) is 47.6 Å². The summed E-state index contributed by atoms with van der Waals surface area (Å²) in [5.74, 6) is -5.60. The molecule has 3 aliphatic rings. The molecule has 11 amide bonds. The molecule has 0 bridgehead atoms. The van der Waals surface area contributed by atoms with Gasteiger partial charge in [0.2, 0.25) is 47.3 Å². The Balaban J connectivity index is 0.898. The lowest BCUT2D eigenvalue weighted by Crippen LogP contribution is -2.58. The van der Waals surface area contributed by atoms with Crippen molar-refractivity contribution >= 4 is 104 Å². The van der Waals surface area contributed by atoms with Crippen molar-refractivity contribution in [1.29, 1.82) is 0 Å². The molecule has 109 heavy (non-hydrogen) atoms. The summed E-state index contributed by atoms with van der Waals surface area (Å²) in [6.07, 6.45) is 2.04. The fourth-order valence-corrected chi connectivity index (χ4v) is 16.0. The van der Waals surface area contributed by atoms with Crippen LogP contribution in [0.2, 0.25) is 0 Å². The van der Waals surface area contributed by atoms with Crippen LogP contribution in [0, 0.1) is 29.6 Å². The normalized spacial score (nSPS) is 17.4. The number of aryl methyl sites for hydroxylation is 1. The predicted molar refractivity (Wildman–Crippen MR) is 416 cm³/mol. The highest BCUT2D eigenvalue weighted by Gasteiger charge is 2.43. The van der Waals surface area contributed by atoms with Crippen molar-refractivity contribution in [2.45, 2.75) is 239 Å². The summed E-state index contributed by atoms with van der Waals surface area (Å²) in [4.78, 5) is 169. The van der Waals surface area contributed by atoms with E-state index in [1.807, 2.05) is 71.9 Å². The van der Waals surface area contributed by atoms with Gasteiger partial charge in [0, 0.05) is 87.6 Å². The van der Waals surface area contributed by atoms with Crippen molar-refractivity contribution < 1.29 is 81.7 Å². The molecule has 28 nitrogen and oxygen atoms in total. The molecule has 2 saturated heterocycles. The smallest absolute Gasteiger partial charge is 0.410 e. The van der Waals surface area contributed by atoms with Crippen LogP contribution in [-0.4, -0.2) is 195 Å². The fourth-order valence-electron chi connectivity index (χ4n) is 13.5. The van der Waals surface area contributed by atoms with Crippen LogP contribution >= 0.6 is 21.6 Å². The maximum absolute atomic E-state index is 14.6. The van der Waals surface area contributed by atoms with Gasteiger partial charge in [0.1, 0.15) is 36.5 Å². The second-order valence-corrected chi connectivity index (χ2v) is 33.3. The Hall–Kier alpha value is -8.61. The Labute approximate surface area is 649 Å². The summed E-state index contributed by atoms with van der Waals surface area (Å²) in [5.41, 5.74) is 6.93. The van der Waals surface area contributed by atoms with Crippen LogP contribution in [0.15, 0.2) is 77.9 Å². The van der Waals surface area contributed by atoms with Crippen LogP contribution in [-0.2, 0) is 80.1 Å². The maximum Gasteiger partial charge on any atom is 0.410 e. The molecule has 11 atom stereocenters. The van der Waals surface area contributed by atoms with E-state index in [-0.39, 0.29) is 111 Å². The number of likely N-dealkylation sites (tertiary alicyclic amines) is 1. The molecule has 2 aliphatic heterocycles. The molecule has 600 valence electrons. The summed E-state index contributed by atoms with van der Waals surface area (Å²) in [5, 5.41) is 30.1. The van der Waals surface area contributed by atoms with E-state index in [9.17, 15) is 62.6 Å². The predicted octanol–water partition coefficient (Wildman–Crippen LogP) is 8.71. The number of methoxy groups -OCH3 is 1. The first-order valence-corrected chi connectivity index (χ1v) is 40.2. The zero-order chi connectivity index (χ0) is 80.6. The highest BCUT2D eigenvalue weighted by Crippen LogP contribution is 2.39. The van der Waals surface area contributed by atoms with Gasteiger partial charge >= 0.3 is 12.1 Å². The number of benzene rings is 3. The van der Waals surface area contributed by atoms with E-state index in [1.54, 1.807) is 101 Å². The minimum absolute atomic E-state index is 0.0214. The molecule has 3 aromatic carbocycles. The first-order chi connectivity index (χ1) is 51.6. The number of carbonyl (C=O) groups is 12. The van der Waals surface area contributed by atoms with Crippen molar-refractivity contribution in [2.75, 3.05) is 45.4 Å². The number of hydrazone groups is 1. The minimum atomic E-state index is -1.04. The third-order valence-electron chi connectivity index (χ3n) is 20.0. The SMILES string of the molecule is CC[C@H](C)[C@@H](CCC(=O)N1CCC[C@H]1[C@H](OC)[C@@H](C)C(=O)N[C@H](C)[C@@H](O)c1ccccc1)N(C)C(=O)C(NC(=O)[C@H](C(C)C)N(C)C(=O)OCc1ccc(NC(=O)[C@H](C)NC(=O)[C@@H](NC(=O)CCSSC(C)(C)CC(=O)N/N=C2\CCc3cc(OCCCC(=O)ON4C(=O)CCC4=O)ccc32)C(C)C)cc1)C(C)C. The number of rotatable bonds is 41. The summed E-state index contributed by atoms with van der Waals surface area (Å²) in [6.45, 7) is 24.2. The fraction of sp³-hybridized carbons (Fsp3) is 0.608. The summed E-state index contributed by atoms with van der Waals surface area (Å²) in [6, 6.07) is 15.8. The molecule has 0 radical (unpaired) electrons. The number of imide groups is 1. The highest BCUT2D eigenvalue weighted by atomic mass is 33.1. The van der Waals surface area contributed by atoms with Crippen LogP contribution in [0.3, 0.4) is 0 Å². The number of nitrogens with one attached hydrogen (secondary N) is 6. The molecule has 2 fully saturated rings. The Morgan fingerprint density at radius 2 is 1.39 bits per heavy atom. The summed E-state index contributed by atoms with van der Waals surface area (Å²) >= 11 is 0. The number of nitrogens with zero attached hydrogens (tertiary/aromatic N) is 5. The van der Waals surface area contributed by atoms with E-state index in [4.69, 9.17) is 19.0 Å². The van der Waals surface area contributed by atoms with Crippen LogP contribution in [0.25, 0.3) is 0 Å². The average Bonchev–Trinajstić information content (AvgIpc) is 1.75. The number of hydrogen-bond donors (Lipinski definition) is 7. The second-order valence-electron chi connectivity index (χ2n) is 30.2. The molecular formula is C79H115N11O17S2. The second kappa shape index (κ2) is 42.5. The molecule has 6 rings (SSSR count). The topological polar surface area (TPSA) is 359 Å². The molecular weight excluding hydrogens is 1440 g/mol. The van der Waals surface area contributed by atoms with E-state index in [0.717, 1.165) is 23.3 Å². The lowest BCUT2D eigenvalue weighted by atomic mass is 9.91. The van der Waals surface area contributed by atoms with Crippen molar-refractivity contribution in [3.8, 4) is 5.75 Å². The standard InChI is InChI=1S/C79H115N11O17S2/c1-17-49(8)60(35-36-64(93)89-40-21-25-61(89)72(104-16)50(9)73(98)80-51(10)71(97)54-23-19-18-20-24-54)87(14)77(102)69(47(4)5)84-76(101)70(48(6)7)88(15)78(103)106-45-53-27-30-56(31-28-53)82-74(99)52(11)81-75(100)68(46(2)3)83-62(91)39-42-108-109-79(12,13)44-63(92)86-85-59-34-29-55-43-57(32-33-58(55)59)105-41-22-26-67(96)107-90-65(94)37-38-66(90)95/h18-20,23-24,27-28,30-33,43,46-52,60-61,68-72,97H,17,21-22,25-26,29,34-42,44-45H2,1-16H3,(H,80,98)(H,81,100)(H,82,99)(H,83,91)(H,84,101)(H,86,92)/b85-59+/t49-,50+,51+,52-,60+,61-,68-,69?,70-,71+,72+/m0/s1. The van der Waals surface area contributed by atoms with Gasteiger partial charge in [0.15, 0.2) is 0 Å². The monoisotopic (exact) mass is 1550 g/mol. The maximum atomic E-state index is 14.6. The highest BCUT2D eigenvalue weighted by molar-refractivity contribution is 8.77. The first-order valence-electron chi connectivity index (χ1n) is 37.9. The lowest BCUT2D eigenvalue weighted by Gasteiger charge is -2.38. The van der Waals surface area contributed by atoms with E-state index >= 15 is 0 Å². The van der Waals surface area contributed by atoms with Gasteiger partial charge in [0.05, 0.1) is 48.9 Å². The number of carbonyl (C=O) groups excluding carboxylic acids is 12. The van der Waals surface area contributed by atoms with Crippen LogP contribution in [0.5, 0.6) is 5.75 Å². The third kappa shape index (κ3) is 26.3. The Kier molecular flexibility index (Phi) is 34.8. The number of amides is 11. The molecule has 1 aliphatic carbocycles. The van der Waals surface area contributed by atoms with E-state index in [2.05, 4.69) is 37.1 Å². The van der Waals surface area contributed by atoms with Crippen LogP contribution in [0.4, 0.5) is 10.5 Å². The van der Waals surface area contributed by atoms with Gasteiger partial charge in [-0.15, -0.1) is 5.06 Å². The largest absolute Gasteiger partial charge is 0.494 e. The number of anilines is 1. The van der Waals surface area contributed by atoms with Crippen LogP contribution < -0.4 is 36.7 Å². The zero-order valence-electron chi connectivity index (χ0n) is 66.1. The third-order valence-corrected chi connectivity index (χ3v) is 23.3. The number of likely N-dealkylation sites (N-methyl/N-ethyl adjacent to an activating group) is 2.